The van der Waals surface area contributed by atoms with Crippen molar-refractivity contribution in [1.82, 2.24) is 10.2 Å². The SMILES string of the molecule is CCC(=O)N1CCC2(CCN2)C1. The number of nitrogens with zero attached hydrogens (tertiary/aromatic N) is 1. The van der Waals surface area contributed by atoms with Crippen LogP contribution in [0.3, 0.4) is 0 Å². The van der Waals surface area contributed by atoms with E-state index in [0.29, 0.717) is 17.9 Å². The van der Waals surface area contributed by atoms with Crippen LogP contribution in [0.25, 0.3) is 0 Å². The number of nitrogens with one attached hydrogen (secondary N) is 1. The molecule has 68 valence electrons. The molecule has 0 bridgehead atoms. The summed E-state index contributed by atoms with van der Waals surface area (Å²) in [5.41, 5.74) is 0.324. The maximum atomic E-state index is 11.3. The highest BCUT2D eigenvalue weighted by Gasteiger charge is 2.43. The first-order chi connectivity index (χ1) is 5.76. The minimum Gasteiger partial charge on any atom is -0.341 e. The maximum absolute atomic E-state index is 11.3. The summed E-state index contributed by atoms with van der Waals surface area (Å²) in [6, 6.07) is 0. The lowest BCUT2D eigenvalue weighted by Crippen LogP contribution is -2.58. The average molecular weight is 168 g/mol. The molecule has 2 rings (SSSR count). The molecule has 2 saturated heterocycles. The zero-order valence-electron chi connectivity index (χ0n) is 7.60. The highest BCUT2D eigenvalue weighted by atomic mass is 16.2. The number of carbonyl (C=O) groups is 1. The molecule has 2 aliphatic rings. The third-order valence-corrected chi connectivity index (χ3v) is 3.11. The molecule has 0 aromatic rings. The summed E-state index contributed by atoms with van der Waals surface area (Å²) in [5.74, 6) is 0.306. The molecule has 2 fully saturated rings. The molecule has 12 heavy (non-hydrogen) atoms. The Bertz CT molecular complexity index is 199. The van der Waals surface area contributed by atoms with Gasteiger partial charge in [0.2, 0.25) is 5.91 Å². The predicted molar refractivity (Wildman–Crippen MR) is 46.8 cm³/mol. The second-order valence-corrected chi connectivity index (χ2v) is 3.88. The second kappa shape index (κ2) is 2.73. The number of likely N-dealkylation sites (tertiary alicyclic amines) is 1. The minimum absolute atomic E-state index is 0.306. The van der Waals surface area contributed by atoms with Gasteiger partial charge in [0.1, 0.15) is 0 Å². The van der Waals surface area contributed by atoms with Gasteiger partial charge in [0.25, 0.3) is 0 Å². The van der Waals surface area contributed by atoms with Crippen LogP contribution in [0.1, 0.15) is 26.2 Å². The molecular weight excluding hydrogens is 152 g/mol. The van der Waals surface area contributed by atoms with Crippen LogP contribution in [0.5, 0.6) is 0 Å². The Kier molecular flexibility index (Phi) is 1.83. The summed E-state index contributed by atoms with van der Waals surface area (Å²) in [6.45, 7) is 4.97. The van der Waals surface area contributed by atoms with E-state index in [4.69, 9.17) is 0 Å². The molecule has 0 aromatic heterocycles. The molecule has 2 heterocycles. The third-order valence-electron chi connectivity index (χ3n) is 3.11. The number of hydrogen-bond acceptors (Lipinski definition) is 2. The van der Waals surface area contributed by atoms with Crippen molar-refractivity contribution >= 4 is 5.91 Å². The highest BCUT2D eigenvalue weighted by Crippen LogP contribution is 2.30. The van der Waals surface area contributed by atoms with Crippen LogP contribution in [0.2, 0.25) is 0 Å². The minimum atomic E-state index is 0.306. The highest BCUT2D eigenvalue weighted by molar-refractivity contribution is 5.76. The topological polar surface area (TPSA) is 32.3 Å². The van der Waals surface area contributed by atoms with Gasteiger partial charge >= 0.3 is 0 Å². The summed E-state index contributed by atoms with van der Waals surface area (Å²) in [5, 5.41) is 3.44. The molecule has 3 heteroatoms. The fourth-order valence-electron chi connectivity index (χ4n) is 2.14. The Hall–Kier alpha value is -0.570. The molecule has 0 radical (unpaired) electrons. The van der Waals surface area contributed by atoms with E-state index in [1.807, 2.05) is 11.8 Å². The van der Waals surface area contributed by atoms with Gasteiger partial charge in [-0.15, -0.1) is 0 Å². The van der Waals surface area contributed by atoms with Crippen molar-refractivity contribution in [3.05, 3.63) is 0 Å². The van der Waals surface area contributed by atoms with Crippen LogP contribution in [0, 0.1) is 0 Å². The molecule has 0 aromatic carbocycles. The van der Waals surface area contributed by atoms with Crippen LogP contribution in [-0.2, 0) is 4.79 Å². The number of amides is 1. The average Bonchev–Trinajstić information content (AvgIpc) is 2.46. The normalized spacial score (nSPS) is 33.9. The molecule has 3 nitrogen and oxygen atoms in total. The van der Waals surface area contributed by atoms with Crippen LogP contribution in [0.4, 0.5) is 0 Å². The largest absolute Gasteiger partial charge is 0.341 e. The monoisotopic (exact) mass is 168 g/mol. The van der Waals surface area contributed by atoms with E-state index in [0.717, 1.165) is 26.1 Å². The van der Waals surface area contributed by atoms with Gasteiger partial charge in [-0.05, 0) is 19.4 Å². The van der Waals surface area contributed by atoms with Gasteiger partial charge in [0, 0.05) is 25.0 Å². The molecule has 0 aliphatic carbocycles. The first kappa shape index (κ1) is 8.05. The first-order valence-electron chi connectivity index (χ1n) is 4.79. The van der Waals surface area contributed by atoms with Crippen LogP contribution >= 0.6 is 0 Å². The van der Waals surface area contributed by atoms with Gasteiger partial charge in [-0.2, -0.15) is 0 Å². The van der Waals surface area contributed by atoms with Gasteiger partial charge in [-0.1, -0.05) is 6.92 Å². The lowest BCUT2D eigenvalue weighted by atomic mass is 9.87. The molecule has 1 spiro atoms. The lowest BCUT2D eigenvalue weighted by molar-refractivity contribution is -0.130. The third kappa shape index (κ3) is 1.12. The zero-order chi connectivity index (χ0) is 8.60. The molecule has 1 atom stereocenters. The summed E-state index contributed by atoms with van der Waals surface area (Å²) < 4.78 is 0. The van der Waals surface area contributed by atoms with E-state index >= 15 is 0 Å². The van der Waals surface area contributed by atoms with Gasteiger partial charge in [-0.3, -0.25) is 4.79 Å². The quantitative estimate of drug-likeness (QED) is 0.613. The number of rotatable bonds is 1. The number of carbonyl (C=O) groups excluding carboxylic acids is 1. The molecule has 1 N–H and O–H groups in total. The van der Waals surface area contributed by atoms with Gasteiger partial charge in [0.05, 0.1) is 0 Å². The van der Waals surface area contributed by atoms with E-state index in [-0.39, 0.29) is 0 Å². The van der Waals surface area contributed by atoms with Crippen molar-refractivity contribution in [2.24, 2.45) is 0 Å². The Morgan fingerprint density at radius 3 is 2.75 bits per heavy atom. The first-order valence-corrected chi connectivity index (χ1v) is 4.79. The molecular formula is C9H16N2O. The molecule has 2 aliphatic heterocycles. The molecule has 1 amide bonds. The Balaban J connectivity index is 1.93. The van der Waals surface area contributed by atoms with Gasteiger partial charge in [0.15, 0.2) is 0 Å². The van der Waals surface area contributed by atoms with Crippen LogP contribution in [-0.4, -0.2) is 36.0 Å². The predicted octanol–water partition coefficient (Wildman–Crippen LogP) is 0.361. The van der Waals surface area contributed by atoms with Crippen molar-refractivity contribution in [3.63, 3.8) is 0 Å². The lowest BCUT2D eigenvalue weighted by Gasteiger charge is -2.39. The van der Waals surface area contributed by atoms with Crippen LogP contribution in [0.15, 0.2) is 0 Å². The standard InChI is InChI=1S/C9H16N2O/c1-2-8(12)11-6-4-9(7-11)3-5-10-9/h10H,2-7H2,1H3. The smallest absolute Gasteiger partial charge is 0.222 e. The Morgan fingerprint density at radius 2 is 2.33 bits per heavy atom. The summed E-state index contributed by atoms with van der Waals surface area (Å²) in [6.07, 6.45) is 3.05. The Labute approximate surface area is 73.1 Å². The van der Waals surface area contributed by atoms with Crippen molar-refractivity contribution in [2.45, 2.75) is 31.7 Å². The summed E-state index contributed by atoms with van der Waals surface area (Å²) >= 11 is 0. The second-order valence-electron chi connectivity index (χ2n) is 3.88. The van der Waals surface area contributed by atoms with E-state index < -0.39 is 0 Å². The fourth-order valence-corrected chi connectivity index (χ4v) is 2.14. The zero-order valence-corrected chi connectivity index (χ0v) is 7.60. The van der Waals surface area contributed by atoms with Crippen LogP contribution < -0.4 is 5.32 Å². The van der Waals surface area contributed by atoms with E-state index in [2.05, 4.69) is 5.32 Å². The van der Waals surface area contributed by atoms with E-state index in [1.165, 1.54) is 6.42 Å². The molecule has 1 unspecified atom stereocenters. The van der Waals surface area contributed by atoms with E-state index in [1.54, 1.807) is 0 Å². The van der Waals surface area contributed by atoms with E-state index in [9.17, 15) is 4.79 Å². The maximum Gasteiger partial charge on any atom is 0.222 e. The van der Waals surface area contributed by atoms with Crippen molar-refractivity contribution in [1.29, 1.82) is 0 Å². The van der Waals surface area contributed by atoms with Gasteiger partial charge < -0.3 is 10.2 Å². The summed E-state index contributed by atoms with van der Waals surface area (Å²) in [7, 11) is 0. The fraction of sp³-hybridized carbons (Fsp3) is 0.889. The molecule has 0 saturated carbocycles. The summed E-state index contributed by atoms with van der Waals surface area (Å²) in [4.78, 5) is 13.3. The van der Waals surface area contributed by atoms with Crippen molar-refractivity contribution in [2.75, 3.05) is 19.6 Å². The van der Waals surface area contributed by atoms with Crippen molar-refractivity contribution < 1.29 is 4.79 Å². The van der Waals surface area contributed by atoms with Crippen molar-refractivity contribution in [3.8, 4) is 0 Å². The van der Waals surface area contributed by atoms with Gasteiger partial charge in [-0.25, -0.2) is 0 Å². The Morgan fingerprint density at radius 1 is 1.58 bits per heavy atom. The number of hydrogen-bond donors (Lipinski definition) is 1.